The van der Waals surface area contributed by atoms with Crippen LogP contribution in [0.5, 0.6) is 0 Å². The number of anilines is 2. The Morgan fingerprint density at radius 1 is 1.18 bits per heavy atom. The number of hydrogen-bond acceptors (Lipinski definition) is 9. The van der Waals surface area contributed by atoms with Crippen LogP contribution in [0.4, 0.5) is 11.6 Å². The van der Waals surface area contributed by atoms with Gasteiger partial charge in [-0.2, -0.15) is 0 Å². The zero-order valence-electron chi connectivity index (χ0n) is 22.8. The molecule has 9 nitrogen and oxygen atoms in total. The molecule has 0 radical (unpaired) electrons. The lowest BCUT2D eigenvalue weighted by molar-refractivity contribution is -0.116. The molecule has 2 unspecified atom stereocenters. The summed E-state index contributed by atoms with van der Waals surface area (Å²) in [6, 6.07) is 10.0. The Hall–Kier alpha value is -2.63. The molecule has 1 amide bonds. The van der Waals surface area contributed by atoms with Crippen LogP contribution >= 0.6 is 11.3 Å². The van der Waals surface area contributed by atoms with Gasteiger partial charge in [0.25, 0.3) is 0 Å². The molecule has 39 heavy (non-hydrogen) atoms. The largest absolute Gasteiger partial charge is 0.377 e. The van der Waals surface area contributed by atoms with Gasteiger partial charge in [-0.1, -0.05) is 32.1 Å². The number of rotatable bonds is 10. The van der Waals surface area contributed by atoms with Crippen molar-refractivity contribution in [2.75, 3.05) is 23.7 Å². The van der Waals surface area contributed by atoms with E-state index in [4.69, 9.17) is 0 Å². The number of nitrogens with one attached hydrogen (secondary N) is 3. The maximum atomic E-state index is 12.5. The fourth-order valence-electron chi connectivity index (χ4n) is 5.68. The second-order valence-corrected chi connectivity index (χ2v) is 12.4. The lowest BCUT2D eigenvalue weighted by atomic mass is 9.86. The van der Waals surface area contributed by atoms with E-state index in [0.717, 1.165) is 45.1 Å². The average Bonchev–Trinajstić information content (AvgIpc) is 3.43. The molecule has 2 aromatic heterocycles. The molecular weight excluding hydrogens is 512 g/mol. The summed E-state index contributed by atoms with van der Waals surface area (Å²) in [5.74, 6) is 1.40. The number of benzene rings is 1. The number of amides is 1. The van der Waals surface area contributed by atoms with Crippen LogP contribution in [0.25, 0.3) is 20.7 Å². The predicted molar refractivity (Wildman–Crippen MR) is 156 cm³/mol. The van der Waals surface area contributed by atoms with Crippen molar-refractivity contribution in [1.29, 1.82) is 0 Å². The second kappa shape index (κ2) is 12.3. The highest BCUT2D eigenvalue weighted by Crippen LogP contribution is 2.34. The Bertz CT molecular complexity index is 1270. The van der Waals surface area contributed by atoms with Crippen molar-refractivity contribution in [3.05, 3.63) is 36.5 Å². The summed E-state index contributed by atoms with van der Waals surface area (Å²) < 4.78 is 1.13. The maximum Gasteiger partial charge on any atom is 0.224 e. The standard InChI is InChI=1S/C29H40N6O3S/c1-29(2)26(37)34-28(38)35(29)16-15-31-27-30-14-13-22(33-27)24-18-20-17-21(11-12-23(20)39-24)32-25(36)10-6-9-19-7-4-3-5-8-19/h11-14,17-19,26,28,34,37-38H,3-10,15-16H2,1-2H3,(H,32,36)(H,30,31,33). The number of thiophene rings is 1. The Morgan fingerprint density at radius 2 is 2.00 bits per heavy atom. The summed E-state index contributed by atoms with van der Waals surface area (Å²) in [4.78, 5) is 24.4. The number of hydrogen-bond donors (Lipinski definition) is 5. The van der Waals surface area contributed by atoms with E-state index >= 15 is 0 Å². The van der Waals surface area contributed by atoms with Crippen LogP contribution in [0.2, 0.25) is 0 Å². The summed E-state index contributed by atoms with van der Waals surface area (Å²) in [5.41, 5.74) is 1.06. The van der Waals surface area contributed by atoms with Gasteiger partial charge >= 0.3 is 0 Å². The number of fused-ring (bicyclic) bond motifs is 1. The van der Waals surface area contributed by atoms with Crippen LogP contribution in [0.1, 0.15) is 65.2 Å². The molecule has 10 heteroatoms. The van der Waals surface area contributed by atoms with Crippen LogP contribution in [-0.2, 0) is 4.79 Å². The lowest BCUT2D eigenvalue weighted by Crippen LogP contribution is -2.49. The molecule has 3 aromatic rings. The number of carbonyl (C=O) groups excluding carboxylic acids is 1. The second-order valence-electron chi connectivity index (χ2n) is 11.3. The highest BCUT2D eigenvalue weighted by Gasteiger charge is 2.45. The van der Waals surface area contributed by atoms with Crippen molar-refractivity contribution in [1.82, 2.24) is 20.2 Å². The summed E-state index contributed by atoms with van der Waals surface area (Å²) in [5, 5.41) is 30.4. The number of aromatic nitrogens is 2. The quantitative estimate of drug-likeness (QED) is 0.245. The lowest BCUT2D eigenvalue weighted by Gasteiger charge is -2.33. The van der Waals surface area contributed by atoms with Gasteiger partial charge < -0.3 is 20.8 Å². The van der Waals surface area contributed by atoms with Crippen molar-refractivity contribution in [3.8, 4) is 10.6 Å². The molecule has 1 saturated carbocycles. The molecule has 1 aliphatic carbocycles. The molecule has 5 rings (SSSR count). The van der Waals surface area contributed by atoms with Gasteiger partial charge in [0.1, 0.15) is 6.23 Å². The summed E-state index contributed by atoms with van der Waals surface area (Å²) in [7, 11) is 0. The topological polar surface area (TPSA) is 123 Å². The van der Waals surface area contributed by atoms with Crippen LogP contribution in [0.15, 0.2) is 36.5 Å². The Morgan fingerprint density at radius 3 is 2.77 bits per heavy atom. The van der Waals surface area contributed by atoms with Crippen LogP contribution in [-0.4, -0.2) is 62.2 Å². The third-order valence-corrected chi connectivity index (χ3v) is 9.24. The van der Waals surface area contributed by atoms with E-state index in [1.54, 1.807) is 22.4 Å². The number of carbonyl (C=O) groups is 1. The fourth-order valence-corrected chi connectivity index (χ4v) is 6.70. The van der Waals surface area contributed by atoms with Crippen molar-refractivity contribution < 1.29 is 15.0 Å². The third kappa shape index (κ3) is 6.75. The minimum Gasteiger partial charge on any atom is -0.377 e. The van der Waals surface area contributed by atoms with Crippen LogP contribution < -0.4 is 16.0 Å². The van der Waals surface area contributed by atoms with E-state index in [9.17, 15) is 15.0 Å². The molecule has 1 aliphatic heterocycles. The van der Waals surface area contributed by atoms with Crippen LogP contribution in [0, 0.1) is 5.92 Å². The Kier molecular flexibility index (Phi) is 8.78. The summed E-state index contributed by atoms with van der Waals surface area (Å²) in [6.07, 6.45) is 9.43. The van der Waals surface area contributed by atoms with E-state index in [1.165, 1.54) is 32.1 Å². The maximum absolute atomic E-state index is 12.5. The van der Waals surface area contributed by atoms with E-state index < -0.39 is 18.1 Å². The normalized spacial score (nSPS) is 21.8. The van der Waals surface area contributed by atoms with Gasteiger partial charge in [0.05, 0.1) is 16.1 Å². The average molecular weight is 553 g/mol. The molecule has 1 saturated heterocycles. The summed E-state index contributed by atoms with van der Waals surface area (Å²) >= 11 is 1.65. The smallest absolute Gasteiger partial charge is 0.224 e. The molecule has 1 aromatic carbocycles. The summed E-state index contributed by atoms with van der Waals surface area (Å²) in [6.45, 7) is 4.78. The zero-order chi connectivity index (χ0) is 27.4. The molecule has 3 heterocycles. The first-order valence-corrected chi connectivity index (χ1v) is 14.9. The number of nitrogens with zero attached hydrogens (tertiary/aromatic N) is 3. The Balaban J connectivity index is 1.16. The predicted octanol–water partition coefficient (Wildman–Crippen LogP) is 4.74. The van der Waals surface area contributed by atoms with Gasteiger partial charge in [-0.25, -0.2) is 9.97 Å². The van der Waals surface area contributed by atoms with Crippen molar-refractivity contribution in [3.63, 3.8) is 0 Å². The molecule has 210 valence electrons. The highest BCUT2D eigenvalue weighted by molar-refractivity contribution is 7.22. The molecule has 0 spiro atoms. The van der Waals surface area contributed by atoms with Crippen molar-refractivity contribution in [2.45, 2.75) is 83.3 Å². The van der Waals surface area contributed by atoms with Gasteiger partial charge in [0, 0.05) is 36.1 Å². The van der Waals surface area contributed by atoms with Crippen molar-refractivity contribution in [2.24, 2.45) is 5.92 Å². The Labute approximate surface area is 234 Å². The highest BCUT2D eigenvalue weighted by atomic mass is 32.1. The van der Waals surface area contributed by atoms with E-state index in [-0.39, 0.29) is 5.91 Å². The van der Waals surface area contributed by atoms with Crippen LogP contribution in [0.3, 0.4) is 0 Å². The molecule has 2 atom stereocenters. The molecule has 5 N–H and O–H groups in total. The van der Waals surface area contributed by atoms with E-state index in [2.05, 4.69) is 32.0 Å². The zero-order valence-corrected chi connectivity index (χ0v) is 23.6. The molecular formula is C29H40N6O3S. The SMILES string of the molecule is CC1(C)C(O)NC(O)N1CCNc1nccc(-c2cc3cc(NC(=O)CCCC4CCCCC4)ccc3s2)n1. The van der Waals surface area contributed by atoms with Gasteiger partial charge in [-0.05, 0) is 68.3 Å². The van der Waals surface area contributed by atoms with Gasteiger partial charge in [-0.15, -0.1) is 11.3 Å². The minimum atomic E-state index is -0.904. The fraction of sp³-hybridized carbons (Fsp3) is 0.552. The van der Waals surface area contributed by atoms with Gasteiger partial charge in [0.15, 0.2) is 6.35 Å². The van der Waals surface area contributed by atoms with Crippen molar-refractivity contribution >= 4 is 39.0 Å². The first-order chi connectivity index (χ1) is 18.8. The van der Waals surface area contributed by atoms with E-state index in [1.807, 2.05) is 38.1 Å². The first-order valence-electron chi connectivity index (χ1n) is 14.1. The number of aliphatic hydroxyl groups is 2. The van der Waals surface area contributed by atoms with Gasteiger partial charge in [0.2, 0.25) is 11.9 Å². The molecule has 2 aliphatic rings. The first kappa shape index (κ1) is 27.9. The molecule has 2 fully saturated rings. The minimum absolute atomic E-state index is 0.0854. The van der Waals surface area contributed by atoms with Gasteiger partial charge in [-0.3, -0.25) is 15.0 Å². The number of aliphatic hydroxyl groups excluding tert-OH is 2. The van der Waals surface area contributed by atoms with E-state index in [0.29, 0.717) is 25.5 Å². The third-order valence-electron chi connectivity index (χ3n) is 8.10. The molecule has 0 bridgehead atoms. The monoisotopic (exact) mass is 552 g/mol.